The van der Waals surface area contributed by atoms with Crippen molar-refractivity contribution in [3.63, 3.8) is 0 Å². The molecular formula is C15H17N5O3S. The topological polar surface area (TPSA) is 103 Å². The van der Waals surface area contributed by atoms with Gasteiger partial charge in [-0.05, 0) is 38.3 Å². The molecule has 1 aliphatic rings. The molecule has 1 saturated carbocycles. The molecule has 0 saturated heterocycles. The third-order valence-corrected chi connectivity index (χ3v) is 4.72. The van der Waals surface area contributed by atoms with Crippen LogP contribution in [0.25, 0.3) is 0 Å². The van der Waals surface area contributed by atoms with Gasteiger partial charge in [0.2, 0.25) is 5.91 Å². The number of benzene rings is 1. The van der Waals surface area contributed by atoms with Crippen LogP contribution in [0.15, 0.2) is 23.4 Å². The number of thioether (sulfide) groups is 1. The number of aryl methyl sites for hydroxylation is 2. The predicted octanol–water partition coefficient (Wildman–Crippen LogP) is 2.87. The maximum Gasteiger partial charge on any atom is 0.269 e. The van der Waals surface area contributed by atoms with Crippen molar-refractivity contribution in [2.75, 3.05) is 11.1 Å². The summed E-state index contributed by atoms with van der Waals surface area (Å²) < 4.78 is 2.08. The minimum Gasteiger partial charge on any atom is -0.325 e. The lowest BCUT2D eigenvalue weighted by Gasteiger charge is -2.09. The first kappa shape index (κ1) is 16.4. The largest absolute Gasteiger partial charge is 0.325 e. The van der Waals surface area contributed by atoms with Crippen molar-refractivity contribution in [3.8, 4) is 0 Å². The molecule has 0 unspecified atom stereocenters. The Labute approximate surface area is 142 Å². The van der Waals surface area contributed by atoms with Gasteiger partial charge in [0, 0.05) is 23.9 Å². The Kier molecular flexibility index (Phi) is 4.52. The molecule has 8 nitrogen and oxygen atoms in total. The molecule has 1 aromatic heterocycles. The fourth-order valence-electron chi connectivity index (χ4n) is 2.42. The first-order valence-corrected chi connectivity index (χ1v) is 8.53. The summed E-state index contributed by atoms with van der Waals surface area (Å²) in [5.74, 6) is 0.896. The van der Waals surface area contributed by atoms with E-state index in [4.69, 9.17) is 0 Å². The van der Waals surface area contributed by atoms with Crippen LogP contribution >= 0.6 is 11.8 Å². The molecule has 0 aliphatic heterocycles. The van der Waals surface area contributed by atoms with Crippen molar-refractivity contribution in [1.29, 1.82) is 0 Å². The van der Waals surface area contributed by atoms with Crippen molar-refractivity contribution < 1.29 is 9.72 Å². The van der Waals surface area contributed by atoms with Gasteiger partial charge in [0.15, 0.2) is 5.16 Å². The van der Waals surface area contributed by atoms with Crippen LogP contribution in [-0.2, 0) is 4.79 Å². The SMILES string of the molecule is Cc1cc([N+](=O)[O-])ccc1NC(=O)CSc1nnc(C)n1C1CC1. The molecule has 9 heteroatoms. The molecule has 3 rings (SSSR count). The van der Waals surface area contributed by atoms with Gasteiger partial charge in [-0.2, -0.15) is 0 Å². The van der Waals surface area contributed by atoms with Gasteiger partial charge >= 0.3 is 0 Å². The maximum absolute atomic E-state index is 12.1. The zero-order valence-electron chi connectivity index (χ0n) is 13.4. The van der Waals surface area contributed by atoms with Crippen molar-refractivity contribution in [2.24, 2.45) is 0 Å². The summed E-state index contributed by atoms with van der Waals surface area (Å²) >= 11 is 1.35. The van der Waals surface area contributed by atoms with Crippen LogP contribution in [-0.4, -0.2) is 31.3 Å². The lowest BCUT2D eigenvalue weighted by molar-refractivity contribution is -0.384. The van der Waals surface area contributed by atoms with Crippen molar-refractivity contribution in [3.05, 3.63) is 39.7 Å². The smallest absolute Gasteiger partial charge is 0.269 e. The Balaban J connectivity index is 1.61. The summed E-state index contributed by atoms with van der Waals surface area (Å²) in [6.07, 6.45) is 2.25. The molecule has 1 aliphatic carbocycles. The lowest BCUT2D eigenvalue weighted by atomic mass is 10.2. The highest BCUT2D eigenvalue weighted by atomic mass is 32.2. The number of aromatic nitrogens is 3. The summed E-state index contributed by atoms with van der Waals surface area (Å²) in [7, 11) is 0. The van der Waals surface area contributed by atoms with Gasteiger partial charge in [0.05, 0.1) is 10.7 Å². The average Bonchev–Trinajstić information content (AvgIpc) is 3.30. The second-order valence-electron chi connectivity index (χ2n) is 5.72. The fraction of sp³-hybridized carbons (Fsp3) is 0.400. The van der Waals surface area contributed by atoms with Gasteiger partial charge in [-0.1, -0.05) is 11.8 Å². The van der Waals surface area contributed by atoms with Gasteiger partial charge in [0.1, 0.15) is 5.82 Å². The first-order valence-electron chi connectivity index (χ1n) is 7.55. The number of nitro benzene ring substituents is 1. The molecule has 1 heterocycles. The molecule has 1 aromatic carbocycles. The minimum absolute atomic E-state index is 0.00730. The van der Waals surface area contributed by atoms with E-state index in [1.54, 1.807) is 13.0 Å². The summed E-state index contributed by atoms with van der Waals surface area (Å²) in [4.78, 5) is 22.4. The zero-order valence-corrected chi connectivity index (χ0v) is 14.2. The third kappa shape index (κ3) is 3.56. The van der Waals surface area contributed by atoms with Crippen LogP contribution in [0.1, 0.15) is 30.3 Å². The number of nitrogens with zero attached hydrogens (tertiary/aromatic N) is 4. The van der Waals surface area contributed by atoms with E-state index in [2.05, 4.69) is 20.1 Å². The maximum atomic E-state index is 12.1. The Morgan fingerprint density at radius 1 is 1.42 bits per heavy atom. The van der Waals surface area contributed by atoms with E-state index >= 15 is 0 Å². The average molecular weight is 347 g/mol. The van der Waals surface area contributed by atoms with Gasteiger partial charge in [0.25, 0.3) is 5.69 Å². The Bertz CT molecular complexity index is 800. The van der Waals surface area contributed by atoms with Crippen LogP contribution in [0.3, 0.4) is 0 Å². The zero-order chi connectivity index (χ0) is 17.3. The summed E-state index contributed by atoms with van der Waals surface area (Å²) in [5, 5.41) is 22.5. The van der Waals surface area contributed by atoms with E-state index in [0.717, 1.165) is 23.8 Å². The van der Waals surface area contributed by atoms with Crippen LogP contribution < -0.4 is 5.32 Å². The van der Waals surface area contributed by atoms with Gasteiger partial charge in [-0.25, -0.2) is 0 Å². The molecular weight excluding hydrogens is 330 g/mol. The Morgan fingerprint density at radius 3 is 2.79 bits per heavy atom. The number of nitro groups is 1. The molecule has 126 valence electrons. The molecule has 1 fully saturated rings. The lowest BCUT2D eigenvalue weighted by Crippen LogP contribution is -2.15. The van der Waals surface area contributed by atoms with Gasteiger partial charge in [-0.3, -0.25) is 14.9 Å². The van der Waals surface area contributed by atoms with Crippen LogP contribution in [0, 0.1) is 24.0 Å². The minimum atomic E-state index is -0.457. The van der Waals surface area contributed by atoms with Crippen molar-refractivity contribution in [2.45, 2.75) is 37.9 Å². The highest BCUT2D eigenvalue weighted by Gasteiger charge is 2.28. The molecule has 0 radical (unpaired) electrons. The Morgan fingerprint density at radius 2 is 2.17 bits per heavy atom. The van der Waals surface area contributed by atoms with E-state index in [1.807, 2.05) is 6.92 Å². The van der Waals surface area contributed by atoms with E-state index in [0.29, 0.717) is 17.3 Å². The number of hydrogen-bond acceptors (Lipinski definition) is 6. The highest BCUT2D eigenvalue weighted by molar-refractivity contribution is 7.99. The summed E-state index contributed by atoms with van der Waals surface area (Å²) in [6, 6.07) is 4.83. The van der Waals surface area contributed by atoms with Crippen LogP contribution in [0.5, 0.6) is 0 Å². The number of anilines is 1. The van der Waals surface area contributed by atoms with Crippen molar-refractivity contribution in [1.82, 2.24) is 14.8 Å². The predicted molar refractivity (Wildman–Crippen MR) is 90.2 cm³/mol. The van der Waals surface area contributed by atoms with Gasteiger partial charge in [-0.15, -0.1) is 10.2 Å². The first-order chi connectivity index (χ1) is 11.5. The number of amides is 1. The number of non-ortho nitro benzene ring substituents is 1. The normalized spacial score (nSPS) is 13.8. The van der Waals surface area contributed by atoms with Crippen LogP contribution in [0.2, 0.25) is 0 Å². The van der Waals surface area contributed by atoms with E-state index in [-0.39, 0.29) is 17.3 Å². The third-order valence-electron chi connectivity index (χ3n) is 3.77. The quantitative estimate of drug-likeness (QED) is 0.489. The number of carbonyl (C=O) groups is 1. The second kappa shape index (κ2) is 6.60. The number of carbonyl (C=O) groups excluding carboxylic acids is 1. The molecule has 0 atom stereocenters. The number of hydrogen-bond donors (Lipinski definition) is 1. The molecule has 0 bridgehead atoms. The molecule has 24 heavy (non-hydrogen) atoms. The van der Waals surface area contributed by atoms with Crippen LogP contribution in [0.4, 0.5) is 11.4 Å². The standard InChI is InChI=1S/C15H17N5O3S/c1-9-7-12(20(22)23)5-6-13(9)16-14(21)8-24-15-18-17-10(2)19(15)11-3-4-11/h5-7,11H,3-4,8H2,1-2H3,(H,16,21). The van der Waals surface area contributed by atoms with Gasteiger partial charge < -0.3 is 9.88 Å². The fourth-order valence-corrected chi connectivity index (χ4v) is 3.27. The molecule has 1 N–H and O–H groups in total. The molecule has 1 amide bonds. The Hall–Kier alpha value is -2.42. The molecule has 2 aromatic rings. The van der Waals surface area contributed by atoms with E-state index in [9.17, 15) is 14.9 Å². The van der Waals surface area contributed by atoms with E-state index < -0.39 is 4.92 Å². The molecule has 0 spiro atoms. The number of nitrogens with one attached hydrogen (secondary N) is 1. The second-order valence-corrected chi connectivity index (χ2v) is 6.67. The number of rotatable bonds is 6. The summed E-state index contributed by atoms with van der Waals surface area (Å²) in [6.45, 7) is 3.64. The monoisotopic (exact) mass is 347 g/mol. The summed E-state index contributed by atoms with van der Waals surface area (Å²) in [5.41, 5.74) is 1.23. The van der Waals surface area contributed by atoms with E-state index in [1.165, 1.54) is 23.9 Å². The highest BCUT2D eigenvalue weighted by Crippen LogP contribution is 2.38. The van der Waals surface area contributed by atoms with Crippen molar-refractivity contribution >= 4 is 29.0 Å².